The minimum absolute atomic E-state index is 0.285. The van der Waals surface area contributed by atoms with Crippen molar-refractivity contribution in [3.8, 4) is 0 Å². The van der Waals surface area contributed by atoms with Crippen LogP contribution in [-0.2, 0) is 10.0 Å². The molecule has 2 aromatic rings. The first-order valence-electron chi connectivity index (χ1n) is 9.98. The van der Waals surface area contributed by atoms with E-state index in [1.54, 1.807) is 4.31 Å². The van der Waals surface area contributed by atoms with Crippen molar-refractivity contribution >= 4 is 21.7 Å². The molecule has 1 saturated heterocycles. The predicted molar refractivity (Wildman–Crippen MR) is 117 cm³/mol. The maximum absolute atomic E-state index is 13.3. The second kappa shape index (κ2) is 8.28. The fraction of sp³-hybridized carbons (Fsp3) is 0.524. The topological polar surface area (TPSA) is 69.6 Å². The third-order valence-electron chi connectivity index (χ3n) is 5.33. The molecule has 158 valence electrons. The Morgan fingerprint density at radius 2 is 1.66 bits per heavy atom. The Bertz CT molecular complexity index is 981. The molecule has 1 aromatic carbocycles. The summed E-state index contributed by atoms with van der Waals surface area (Å²) in [4.78, 5) is 13.5. The average molecular weight is 418 g/mol. The normalized spacial score (nSPS) is 15.8. The molecule has 0 spiro atoms. The molecule has 8 heteroatoms. The van der Waals surface area contributed by atoms with Crippen molar-refractivity contribution in [1.29, 1.82) is 0 Å². The van der Waals surface area contributed by atoms with Gasteiger partial charge in [0.05, 0.1) is 4.90 Å². The first kappa shape index (κ1) is 21.5. The number of nitrogens with zero attached hydrogens (tertiary/aromatic N) is 5. The quantitative estimate of drug-likeness (QED) is 0.745. The molecule has 0 saturated carbocycles. The van der Waals surface area contributed by atoms with Gasteiger partial charge < -0.3 is 9.80 Å². The molecule has 0 amide bonds. The lowest BCUT2D eigenvalue weighted by Crippen LogP contribution is -2.49. The van der Waals surface area contributed by atoms with Gasteiger partial charge in [0.1, 0.15) is 17.5 Å². The highest BCUT2D eigenvalue weighted by Crippen LogP contribution is 2.27. The van der Waals surface area contributed by atoms with Gasteiger partial charge in [-0.2, -0.15) is 4.31 Å². The van der Waals surface area contributed by atoms with Crippen LogP contribution >= 0.6 is 0 Å². The molecule has 0 N–H and O–H groups in total. The predicted octanol–water partition coefficient (Wildman–Crippen LogP) is 2.79. The van der Waals surface area contributed by atoms with Gasteiger partial charge in [0.25, 0.3) is 0 Å². The van der Waals surface area contributed by atoms with Crippen molar-refractivity contribution in [3.05, 3.63) is 41.2 Å². The number of anilines is 2. The van der Waals surface area contributed by atoms with Crippen molar-refractivity contribution in [2.45, 2.75) is 38.5 Å². The Balaban J connectivity index is 1.80. The van der Waals surface area contributed by atoms with Crippen LogP contribution in [0.3, 0.4) is 0 Å². The monoisotopic (exact) mass is 417 g/mol. The van der Waals surface area contributed by atoms with Gasteiger partial charge in [0.2, 0.25) is 10.0 Å². The van der Waals surface area contributed by atoms with Crippen LogP contribution in [0, 0.1) is 13.8 Å². The molecular weight excluding hydrogens is 386 g/mol. The summed E-state index contributed by atoms with van der Waals surface area (Å²) in [6.07, 6.45) is 0. The van der Waals surface area contributed by atoms with Gasteiger partial charge >= 0.3 is 0 Å². The smallest absolute Gasteiger partial charge is 0.243 e. The van der Waals surface area contributed by atoms with Crippen LogP contribution < -0.4 is 9.80 Å². The molecule has 0 aliphatic carbocycles. The van der Waals surface area contributed by atoms with Crippen LogP contribution in [0.4, 0.5) is 11.6 Å². The number of sulfonamides is 1. The van der Waals surface area contributed by atoms with Gasteiger partial charge in [0.15, 0.2) is 0 Å². The summed E-state index contributed by atoms with van der Waals surface area (Å²) < 4.78 is 28.2. The summed E-state index contributed by atoms with van der Waals surface area (Å²) in [5, 5.41) is 0. The van der Waals surface area contributed by atoms with Gasteiger partial charge in [0, 0.05) is 46.3 Å². The molecule has 2 heterocycles. The Morgan fingerprint density at radius 1 is 1.00 bits per heavy atom. The second-order valence-electron chi connectivity index (χ2n) is 8.10. The van der Waals surface area contributed by atoms with E-state index in [-0.39, 0.29) is 5.92 Å². The lowest BCUT2D eigenvalue weighted by atomic mass is 10.0. The summed E-state index contributed by atoms with van der Waals surface area (Å²) in [6, 6.07) is 7.70. The van der Waals surface area contributed by atoms with Crippen LogP contribution in [0.25, 0.3) is 0 Å². The first-order chi connectivity index (χ1) is 13.6. The average Bonchev–Trinajstić information content (AvgIpc) is 2.67. The Morgan fingerprint density at radius 3 is 2.24 bits per heavy atom. The third-order valence-corrected chi connectivity index (χ3v) is 7.37. The second-order valence-corrected chi connectivity index (χ2v) is 10.0. The highest BCUT2D eigenvalue weighted by molar-refractivity contribution is 7.89. The molecule has 1 aliphatic heterocycles. The van der Waals surface area contributed by atoms with Crippen molar-refractivity contribution in [2.75, 3.05) is 50.1 Å². The first-order valence-corrected chi connectivity index (χ1v) is 11.4. The van der Waals surface area contributed by atoms with Crippen molar-refractivity contribution < 1.29 is 8.42 Å². The van der Waals surface area contributed by atoms with Gasteiger partial charge in [-0.3, -0.25) is 0 Å². The fourth-order valence-electron chi connectivity index (χ4n) is 3.48. The lowest BCUT2D eigenvalue weighted by Gasteiger charge is -2.35. The fourth-order valence-corrected chi connectivity index (χ4v) is 5.16. The summed E-state index contributed by atoms with van der Waals surface area (Å²) in [6.45, 7) is 9.97. The number of aromatic nitrogens is 2. The Kier molecular flexibility index (Phi) is 6.14. The maximum atomic E-state index is 13.3. The van der Waals surface area contributed by atoms with E-state index in [9.17, 15) is 8.42 Å². The minimum Gasteiger partial charge on any atom is -0.363 e. The number of hydrogen-bond acceptors (Lipinski definition) is 6. The molecule has 0 unspecified atom stereocenters. The Labute approximate surface area is 174 Å². The van der Waals surface area contributed by atoms with E-state index < -0.39 is 10.0 Å². The summed E-state index contributed by atoms with van der Waals surface area (Å²) in [5.41, 5.74) is 1.83. The maximum Gasteiger partial charge on any atom is 0.243 e. The van der Waals surface area contributed by atoms with Crippen LogP contribution in [-0.4, -0.2) is 63.0 Å². The highest BCUT2D eigenvalue weighted by Gasteiger charge is 2.30. The molecule has 7 nitrogen and oxygen atoms in total. The van der Waals surface area contributed by atoms with Crippen LogP contribution in [0.15, 0.2) is 29.2 Å². The number of aryl methyl sites for hydroxylation is 2. The molecule has 0 bridgehead atoms. The highest BCUT2D eigenvalue weighted by atomic mass is 32.2. The van der Waals surface area contributed by atoms with E-state index in [2.05, 4.69) is 28.7 Å². The molecule has 29 heavy (non-hydrogen) atoms. The Hall–Kier alpha value is -2.19. The van der Waals surface area contributed by atoms with Crippen molar-refractivity contribution in [3.63, 3.8) is 0 Å². The summed E-state index contributed by atoms with van der Waals surface area (Å²) >= 11 is 0. The molecule has 1 aliphatic rings. The van der Waals surface area contributed by atoms with E-state index in [0.717, 1.165) is 22.8 Å². The zero-order valence-electron chi connectivity index (χ0n) is 18.2. The van der Waals surface area contributed by atoms with Gasteiger partial charge in [-0.15, -0.1) is 0 Å². The van der Waals surface area contributed by atoms with E-state index in [4.69, 9.17) is 0 Å². The molecule has 0 atom stereocenters. The zero-order valence-corrected chi connectivity index (χ0v) is 19.0. The zero-order chi connectivity index (χ0) is 21.3. The van der Waals surface area contributed by atoms with Gasteiger partial charge in [-0.25, -0.2) is 18.4 Å². The lowest BCUT2D eigenvalue weighted by molar-refractivity contribution is 0.383. The molecule has 3 rings (SSSR count). The number of rotatable bonds is 5. The van der Waals surface area contributed by atoms with Crippen molar-refractivity contribution in [1.82, 2.24) is 14.3 Å². The summed E-state index contributed by atoms with van der Waals surface area (Å²) in [7, 11) is 0.378. The van der Waals surface area contributed by atoms with Crippen molar-refractivity contribution in [2.24, 2.45) is 0 Å². The molecule has 1 aromatic heterocycles. The van der Waals surface area contributed by atoms with E-state index in [1.807, 2.05) is 57.1 Å². The number of benzene rings is 1. The largest absolute Gasteiger partial charge is 0.363 e. The minimum atomic E-state index is -3.52. The van der Waals surface area contributed by atoms with Gasteiger partial charge in [-0.1, -0.05) is 26.0 Å². The molecular formula is C21H31N5O2S. The number of piperazine rings is 1. The SMILES string of the molecule is Cc1nc(N(C)C)cc(N2CCN(S(=O)(=O)c3cc(C(C)C)ccc3C)CC2)n1. The molecule has 1 fully saturated rings. The van der Waals surface area contributed by atoms with E-state index in [1.165, 1.54) is 0 Å². The third kappa shape index (κ3) is 4.53. The molecule has 0 radical (unpaired) electrons. The van der Waals surface area contributed by atoms with Crippen LogP contribution in [0.5, 0.6) is 0 Å². The standard InChI is InChI=1S/C21H31N5O2S/c1-15(2)18-8-7-16(3)19(13-18)29(27,28)26-11-9-25(10-12-26)21-14-20(24(5)6)22-17(4)23-21/h7-8,13-15H,9-12H2,1-6H3. The van der Waals surface area contributed by atoms with E-state index in [0.29, 0.717) is 36.9 Å². The van der Waals surface area contributed by atoms with Crippen LogP contribution in [0.2, 0.25) is 0 Å². The van der Waals surface area contributed by atoms with Gasteiger partial charge in [-0.05, 0) is 37.0 Å². The number of hydrogen-bond donors (Lipinski definition) is 0. The summed E-state index contributed by atoms with van der Waals surface area (Å²) in [5.74, 6) is 2.69. The van der Waals surface area contributed by atoms with E-state index >= 15 is 0 Å². The van der Waals surface area contributed by atoms with Crippen LogP contribution in [0.1, 0.15) is 36.7 Å².